The number of rotatable bonds is 0. The molecule has 2 rings (SSSR count). The van der Waals surface area contributed by atoms with Crippen LogP contribution in [0.15, 0.2) is 36.4 Å². The number of fused-ring (bicyclic) bond motifs is 1. The van der Waals surface area contributed by atoms with Gasteiger partial charge in [-0.3, -0.25) is 0 Å². The third kappa shape index (κ3) is 2.36. The molecule has 0 nitrogen and oxygen atoms in total. The zero-order chi connectivity index (χ0) is 10.2. The molecule has 0 spiro atoms. The van der Waals surface area contributed by atoms with E-state index in [1.807, 2.05) is 0 Å². The van der Waals surface area contributed by atoms with Crippen molar-refractivity contribution in [3.05, 3.63) is 48.0 Å². The van der Waals surface area contributed by atoms with Gasteiger partial charge in [0.2, 0.25) is 0 Å². The molecule has 0 heterocycles. The fraction of sp³-hybridized carbons (Fsp3) is 0.0909. The summed E-state index contributed by atoms with van der Waals surface area (Å²) in [5.74, 6) is 0. The zero-order valence-electron chi connectivity index (χ0n) is 8.10. The third-order valence-corrected chi connectivity index (χ3v) is 2.03. The Morgan fingerprint density at radius 3 is 2.47 bits per heavy atom. The molecule has 0 aliphatic heterocycles. The molecule has 4 heteroatoms. The van der Waals surface area contributed by atoms with Gasteiger partial charge in [0.15, 0.2) is 0 Å². The molecule has 15 heavy (non-hydrogen) atoms. The van der Waals surface area contributed by atoms with Gasteiger partial charge >= 0.3 is 25.0 Å². The maximum Gasteiger partial charge on any atom is 1.00 e. The van der Waals surface area contributed by atoms with Crippen molar-refractivity contribution in [1.82, 2.24) is 0 Å². The predicted molar refractivity (Wildman–Crippen MR) is 47.8 cm³/mol. The van der Waals surface area contributed by atoms with Crippen LogP contribution in [0.25, 0.3) is 10.8 Å². The number of benzene rings is 2. The second kappa shape index (κ2) is 4.30. The van der Waals surface area contributed by atoms with E-state index < -0.39 is 11.7 Å². The molecule has 0 aliphatic rings. The van der Waals surface area contributed by atoms with Crippen molar-refractivity contribution >= 4 is 10.8 Å². The average molecular weight is 202 g/mol. The first-order valence-electron chi connectivity index (χ1n) is 4.05. The first-order valence-corrected chi connectivity index (χ1v) is 4.05. The maximum absolute atomic E-state index is 12.5. The fourth-order valence-corrected chi connectivity index (χ4v) is 1.41. The molecule has 0 aromatic heterocycles. The molecule has 0 N–H and O–H groups in total. The topological polar surface area (TPSA) is 0 Å². The van der Waals surface area contributed by atoms with Crippen LogP contribution in [0, 0.1) is 6.07 Å². The van der Waals surface area contributed by atoms with E-state index in [2.05, 4.69) is 6.07 Å². The number of alkyl halides is 3. The third-order valence-electron chi connectivity index (χ3n) is 2.03. The Labute approximate surface area is 97.3 Å². The van der Waals surface area contributed by atoms with Gasteiger partial charge in [-0.25, -0.2) is 0 Å². The first kappa shape index (κ1) is 12.2. The summed E-state index contributed by atoms with van der Waals surface area (Å²) in [7, 11) is 0. The van der Waals surface area contributed by atoms with E-state index in [0.29, 0.717) is 5.39 Å². The van der Waals surface area contributed by atoms with Gasteiger partial charge in [0, 0.05) is 5.56 Å². The maximum atomic E-state index is 12.5. The van der Waals surface area contributed by atoms with Gasteiger partial charge in [-0.1, -0.05) is 18.2 Å². The van der Waals surface area contributed by atoms with Gasteiger partial charge in [0.05, 0.1) is 0 Å². The molecule has 0 saturated heterocycles. The second-order valence-corrected chi connectivity index (χ2v) is 2.95. The summed E-state index contributed by atoms with van der Waals surface area (Å²) in [5, 5.41) is 0.779. The van der Waals surface area contributed by atoms with Gasteiger partial charge < -0.3 is 0 Å². The van der Waals surface area contributed by atoms with Crippen molar-refractivity contribution in [2.45, 2.75) is 6.18 Å². The summed E-state index contributed by atoms with van der Waals surface area (Å²) in [6.45, 7) is 0. The molecule has 2 aromatic rings. The van der Waals surface area contributed by atoms with Gasteiger partial charge in [-0.15, -0.1) is 10.8 Å². The van der Waals surface area contributed by atoms with Gasteiger partial charge in [0.1, 0.15) is 0 Å². The van der Waals surface area contributed by atoms with E-state index in [4.69, 9.17) is 0 Å². The Hall–Kier alpha value is -0.913. The molecule has 0 amide bonds. The Morgan fingerprint density at radius 2 is 1.80 bits per heavy atom. The second-order valence-electron chi connectivity index (χ2n) is 2.95. The monoisotopic (exact) mass is 202 g/mol. The summed E-state index contributed by atoms with van der Waals surface area (Å²) >= 11 is 0. The SMILES string of the molecule is FC(F)(F)c1cccc2cc[c-]cc12.[Li+]. The van der Waals surface area contributed by atoms with Gasteiger partial charge in [-0.2, -0.15) is 37.4 Å². The summed E-state index contributed by atoms with van der Waals surface area (Å²) in [4.78, 5) is 0. The van der Waals surface area contributed by atoms with Crippen molar-refractivity contribution < 1.29 is 32.0 Å². The molecule has 0 atom stereocenters. The van der Waals surface area contributed by atoms with Crippen LogP contribution in [0.5, 0.6) is 0 Å². The summed E-state index contributed by atoms with van der Waals surface area (Å²) in [6, 6.07) is 11.4. The summed E-state index contributed by atoms with van der Waals surface area (Å²) in [6.07, 6.45) is -4.30. The Morgan fingerprint density at radius 1 is 1.07 bits per heavy atom. The largest absolute Gasteiger partial charge is 1.00 e. The molecule has 0 fully saturated rings. The minimum Gasteiger partial charge on any atom is -0.183 e. The predicted octanol–water partition coefficient (Wildman–Crippen LogP) is 0.663. The van der Waals surface area contributed by atoms with Crippen LogP contribution in [-0.4, -0.2) is 0 Å². The van der Waals surface area contributed by atoms with E-state index in [1.54, 1.807) is 18.2 Å². The molecule has 2 aromatic carbocycles. The molecular formula is C11H6F3Li. The van der Waals surface area contributed by atoms with Crippen LogP contribution < -0.4 is 18.9 Å². The minimum atomic E-state index is -4.30. The normalized spacial score (nSPS) is 11.1. The van der Waals surface area contributed by atoms with Crippen molar-refractivity contribution in [3.63, 3.8) is 0 Å². The first-order chi connectivity index (χ1) is 6.59. The molecule has 0 saturated carbocycles. The Kier molecular flexibility index (Phi) is 3.49. The van der Waals surface area contributed by atoms with Crippen LogP contribution in [0.3, 0.4) is 0 Å². The Bertz CT molecular complexity index is 457. The van der Waals surface area contributed by atoms with Crippen LogP contribution in [0.1, 0.15) is 5.56 Å². The van der Waals surface area contributed by atoms with Crippen molar-refractivity contribution in [3.8, 4) is 0 Å². The smallest absolute Gasteiger partial charge is 0.183 e. The number of hydrogen-bond acceptors (Lipinski definition) is 0. The Balaban J connectivity index is 0.00000112. The molecule has 0 radical (unpaired) electrons. The minimum absolute atomic E-state index is 0. The van der Waals surface area contributed by atoms with E-state index in [9.17, 15) is 13.2 Å². The zero-order valence-corrected chi connectivity index (χ0v) is 8.10. The molecule has 0 unspecified atom stereocenters. The van der Waals surface area contributed by atoms with Gasteiger partial charge in [-0.05, 0) is 0 Å². The number of hydrogen-bond donors (Lipinski definition) is 0. The molecule has 0 bridgehead atoms. The van der Waals surface area contributed by atoms with Crippen LogP contribution in [-0.2, 0) is 6.18 Å². The number of halogens is 3. The standard InChI is InChI=1S/C11H6F3.Li/c12-11(13,14)10-7-3-5-8-4-1-2-6-9(8)10;/h1,3-7H;/q-1;+1. The fourth-order valence-electron chi connectivity index (χ4n) is 1.41. The van der Waals surface area contributed by atoms with Crippen molar-refractivity contribution in [1.29, 1.82) is 0 Å². The molecular weight excluding hydrogens is 196 g/mol. The van der Waals surface area contributed by atoms with E-state index in [-0.39, 0.29) is 24.2 Å². The summed E-state index contributed by atoms with van der Waals surface area (Å²) in [5.41, 5.74) is -0.605. The van der Waals surface area contributed by atoms with E-state index >= 15 is 0 Å². The van der Waals surface area contributed by atoms with Crippen LogP contribution >= 0.6 is 0 Å². The average Bonchev–Trinajstić information content (AvgIpc) is 2.15. The van der Waals surface area contributed by atoms with Crippen LogP contribution in [0.4, 0.5) is 13.2 Å². The quantitative estimate of drug-likeness (QED) is 0.435. The van der Waals surface area contributed by atoms with Crippen LogP contribution in [0.2, 0.25) is 0 Å². The van der Waals surface area contributed by atoms with E-state index in [1.165, 1.54) is 12.1 Å². The molecule has 72 valence electrons. The van der Waals surface area contributed by atoms with Crippen molar-refractivity contribution in [2.75, 3.05) is 0 Å². The van der Waals surface area contributed by atoms with Crippen molar-refractivity contribution in [2.24, 2.45) is 0 Å². The molecule has 0 aliphatic carbocycles. The van der Waals surface area contributed by atoms with Gasteiger partial charge in [0.25, 0.3) is 0 Å². The van der Waals surface area contributed by atoms with E-state index in [0.717, 1.165) is 6.07 Å². The summed E-state index contributed by atoms with van der Waals surface area (Å²) < 4.78 is 37.5.